The molecular weight excluding hydrogens is 243 g/mol. The zero-order valence-corrected chi connectivity index (χ0v) is 8.28. The molecule has 0 aromatic carbocycles. The fourth-order valence-corrected chi connectivity index (χ4v) is 0.977. The Morgan fingerprint density at radius 2 is 2.00 bits per heavy atom. The first-order chi connectivity index (χ1) is 7.81. The Labute approximate surface area is 92.9 Å². The van der Waals surface area contributed by atoms with Gasteiger partial charge in [-0.15, -0.1) is 0 Å². The molecule has 1 aromatic rings. The van der Waals surface area contributed by atoms with Crippen molar-refractivity contribution in [2.24, 2.45) is 5.84 Å². The van der Waals surface area contributed by atoms with Gasteiger partial charge in [0.05, 0.1) is 17.1 Å². The highest BCUT2D eigenvalue weighted by Gasteiger charge is 2.27. The fourth-order valence-electron chi connectivity index (χ4n) is 0.977. The van der Waals surface area contributed by atoms with Gasteiger partial charge < -0.3 is 10.7 Å². The molecule has 0 spiro atoms. The normalized spacial score (nSPS) is 11.1. The zero-order chi connectivity index (χ0) is 13.1. The number of hydrazine groups is 1. The molecular formula is C7H8F3N5O2. The van der Waals surface area contributed by atoms with Gasteiger partial charge in [0.25, 0.3) is 5.69 Å². The monoisotopic (exact) mass is 251 g/mol. The lowest BCUT2D eigenvalue weighted by molar-refractivity contribution is -0.384. The minimum Gasteiger partial charge on any atom is -0.361 e. The van der Waals surface area contributed by atoms with Crippen LogP contribution in [0, 0.1) is 10.1 Å². The molecule has 0 saturated heterocycles. The second-order valence-electron chi connectivity index (χ2n) is 2.97. The zero-order valence-electron chi connectivity index (χ0n) is 8.28. The number of pyridine rings is 1. The van der Waals surface area contributed by atoms with Crippen molar-refractivity contribution in [3.8, 4) is 0 Å². The molecule has 10 heteroatoms. The summed E-state index contributed by atoms with van der Waals surface area (Å²) in [6.45, 7) is -1.34. The Balaban J connectivity index is 2.91. The van der Waals surface area contributed by atoms with Crippen LogP contribution in [-0.2, 0) is 0 Å². The van der Waals surface area contributed by atoms with Crippen LogP contribution in [0.2, 0.25) is 0 Å². The van der Waals surface area contributed by atoms with Crippen LogP contribution in [0.3, 0.4) is 0 Å². The van der Waals surface area contributed by atoms with Crippen LogP contribution in [0.4, 0.5) is 30.5 Å². The molecule has 0 unspecified atom stereocenters. The Hall–Kier alpha value is -2.10. The van der Waals surface area contributed by atoms with Crippen molar-refractivity contribution in [2.75, 3.05) is 17.3 Å². The van der Waals surface area contributed by atoms with Crippen molar-refractivity contribution in [3.63, 3.8) is 0 Å². The molecule has 0 aliphatic heterocycles. The number of halogens is 3. The average molecular weight is 251 g/mol. The number of rotatable bonds is 4. The highest BCUT2D eigenvalue weighted by molar-refractivity contribution is 5.54. The van der Waals surface area contributed by atoms with E-state index in [4.69, 9.17) is 5.84 Å². The fraction of sp³-hybridized carbons (Fsp3) is 0.286. The molecule has 0 atom stereocenters. The highest BCUT2D eigenvalue weighted by atomic mass is 19.4. The van der Waals surface area contributed by atoms with E-state index in [0.717, 1.165) is 12.1 Å². The van der Waals surface area contributed by atoms with Crippen molar-refractivity contribution >= 4 is 17.3 Å². The first-order valence-electron chi connectivity index (χ1n) is 4.25. The van der Waals surface area contributed by atoms with Crippen molar-refractivity contribution in [1.82, 2.24) is 4.98 Å². The maximum Gasteiger partial charge on any atom is 0.405 e. The summed E-state index contributed by atoms with van der Waals surface area (Å²) in [7, 11) is 0. The third-order valence-electron chi connectivity index (χ3n) is 1.64. The van der Waals surface area contributed by atoms with Crippen LogP contribution in [0.5, 0.6) is 0 Å². The molecule has 1 aromatic heterocycles. The molecule has 17 heavy (non-hydrogen) atoms. The summed E-state index contributed by atoms with van der Waals surface area (Å²) < 4.78 is 35.8. The van der Waals surface area contributed by atoms with E-state index in [1.54, 1.807) is 0 Å². The molecule has 94 valence electrons. The summed E-state index contributed by atoms with van der Waals surface area (Å²) in [6.07, 6.45) is -4.44. The molecule has 0 aliphatic rings. The summed E-state index contributed by atoms with van der Waals surface area (Å²) in [6, 6.07) is 1.88. The molecule has 0 amide bonds. The van der Waals surface area contributed by atoms with Gasteiger partial charge in [0, 0.05) is 0 Å². The molecule has 4 N–H and O–H groups in total. The minimum atomic E-state index is -4.44. The van der Waals surface area contributed by atoms with Gasteiger partial charge in [-0.1, -0.05) is 0 Å². The third-order valence-corrected chi connectivity index (χ3v) is 1.64. The molecule has 1 rings (SSSR count). The van der Waals surface area contributed by atoms with Gasteiger partial charge in [-0.25, -0.2) is 10.8 Å². The standard InChI is InChI=1S/C7H8F3N5O2/c8-7(9,10)3-12-5-1-4(15(16)17)2-6(13-5)14-11/h1-2H,3,11H2,(H2,12,13,14). The van der Waals surface area contributed by atoms with E-state index in [9.17, 15) is 23.3 Å². The van der Waals surface area contributed by atoms with Crippen LogP contribution in [0.15, 0.2) is 12.1 Å². The minimum absolute atomic E-state index is 0.108. The average Bonchev–Trinajstić information content (AvgIpc) is 2.25. The van der Waals surface area contributed by atoms with Crippen LogP contribution in [-0.4, -0.2) is 22.6 Å². The summed E-state index contributed by atoms with van der Waals surface area (Å²) in [5.41, 5.74) is 1.60. The van der Waals surface area contributed by atoms with Gasteiger partial charge in [0.15, 0.2) is 0 Å². The maximum absolute atomic E-state index is 11.9. The number of nitrogens with zero attached hydrogens (tertiary/aromatic N) is 2. The predicted molar refractivity (Wildman–Crippen MR) is 53.2 cm³/mol. The Kier molecular flexibility index (Phi) is 3.68. The summed E-state index contributed by atoms with van der Waals surface area (Å²) in [4.78, 5) is 13.3. The topological polar surface area (TPSA) is 106 Å². The van der Waals surface area contributed by atoms with Crippen LogP contribution in [0.25, 0.3) is 0 Å². The molecule has 7 nitrogen and oxygen atoms in total. The lowest BCUT2D eigenvalue weighted by Crippen LogP contribution is -2.22. The number of anilines is 2. The maximum atomic E-state index is 11.9. The Morgan fingerprint density at radius 3 is 2.47 bits per heavy atom. The molecule has 0 bridgehead atoms. The number of hydrogen-bond acceptors (Lipinski definition) is 6. The number of nitrogen functional groups attached to an aromatic ring is 1. The molecule has 1 heterocycles. The van der Waals surface area contributed by atoms with E-state index in [2.05, 4.69) is 4.98 Å². The molecule has 0 radical (unpaired) electrons. The van der Waals surface area contributed by atoms with E-state index in [-0.39, 0.29) is 11.6 Å². The smallest absolute Gasteiger partial charge is 0.361 e. The number of nitrogens with one attached hydrogen (secondary N) is 2. The van der Waals surface area contributed by atoms with Crippen molar-refractivity contribution in [2.45, 2.75) is 6.18 Å². The van der Waals surface area contributed by atoms with Crippen molar-refractivity contribution < 1.29 is 18.1 Å². The number of alkyl halides is 3. The van der Waals surface area contributed by atoms with Crippen LogP contribution >= 0.6 is 0 Å². The van der Waals surface area contributed by atoms with Crippen molar-refractivity contribution in [3.05, 3.63) is 22.2 Å². The van der Waals surface area contributed by atoms with E-state index < -0.39 is 23.3 Å². The van der Waals surface area contributed by atoms with Gasteiger partial charge in [-0.05, 0) is 0 Å². The van der Waals surface area contributed by atoms with E-state index in [1.807, 2.05) is 10.7 Å². The van der Waals surface area contributed by atoms with E-state index in [0.29, 0.717) is 0 Å². The highest BCUT2D eigenvalue weighted by Crippen LogP contribution is 2.21. The lowest BCUT2D eigenvalue weighted by Gasteiger charge is -2.09. The quantitative estimate of drug-likeness (QED) is 0.422. The largest absolute Gasteiger partial charge is 0.405 e. The molecule has 0 aliphatic carbocycles. The van der Waals surface area contributed by atoms with Crippen LogP contribution < -0.4 is 16.6 Å². The summed E-state index contributed by atoms with van der Waals surface area (Å²) in [5, 5.41) is 12.4. The van der Waals surface area contributed by atoms with Gasteiger partial charge >= 0.3 is 6.18 Å². The first-order valence-corrected chi connectivity index (χ1v) is 4.25. The Bertz CT molecular complexity index is 422. The van der Waals surface area contributed by atoms with E-state index >= 15 is 0 Å². The number of nitrogens with two attached hydrogens (primary N) is 1. The van der Waals surface area contributed by atoms with E-state index in [1.165, 1.54) is 0 Å². The Morgan fingerprint density at radius 1 is 1.41 bits per heavy atom. The third kappa shape index (κ3) is 4.10. The SMILES string of the molecule is NNc1cc([N+](=O)[O-])cc(NCC(F)(F)F)n1. The number of nitro groups is 1. The van der Waals surface area contributed by atoms with Crippen molar-refractivity contribution in [1.29, 1.82) is 0 Å². The van der Waals surface area contributed by atoms with Gasteiger partial charge in [-0.2, -0.15) is 13.2 Å². The molecule has 0 fully saturated rings. The van der Waals surface area contributed by atoms with Gasteiger partial charge in [0.1, 0.15) is 18.2 Å². The molecule has 0 saturated carbocycles. The predicted octanol–water partition coefficient (Wildman–Crippen LogP) is 1.25. The second kappa shape index (κ2) is 4.82. The number of aromatic nitrogens is 1. The second-order valence-corrected chi connectivity index (χ2v) is 2.97. The first kappa shape index (κ1) is 13.0. The number of hydrogen-bond donors (Lipinski definition) is 3. The summed E-state index contributed by atoms with van der Waals surface area (Å²) >= 11 is 0. The van der Waals surface area contributed by atoms with Gasteiger partial charge in [-0.3, -0.25) is 10.1 Å². The lowest BCUT2D eigenvalue weighted by atomic mass is 10.3. The summed E-state index contributed by atoms with van der Waals surface area (Å²) in [5.74, 6) is 4.59. The van der Waals surface area contributed by atoms with Gasteiger partial charge in [0.2, 0.25) is 0 Å². The van der Waals surface area contributed by atoms with Crippen LogP contribution in [0.1, 0.15) is 0 Å².